The van der Waals surface area contributed by atoms with Gasteiger partial charge in [0.05, 0.1) is 12.6 Å². The molecule has 0 saturated heterocycles. The zero-order valence-electron chi connectivity index (χ0n) is 13.6. The highest BCUT2D eigenvalue weighted by Crippen LogP contribution is 2.31. The molecule has 0 bridgehead atoms. The van der Waals surface area contributed by atoms with Crippen molar-refractivity contribution in [3.63, 3.8) is 0 Å². The Morgan fingerprint density at radius 1 is 1.38 bits per heavy atom. The fraction of sp³-hybridized carbons (Fsp3) is 0.235. The molecule has 1 amide bonds. The van der Waals surface area contributed by atoms with Gasteiger partial charge >= 0.3 is 0 Å². The molecule has 0 fully saturated rings. The van der Waals surface area contributed by atoms with Gasteiger partial charge in [-0.3, -0.25) is 4.79 Å². The van der Waals surface area contributed by atoms with Crippen molar-refractivity contribution in [1.29, 1.82) is 0 Å². The van der Waals surface area contributed by atoms with Gasteiger partial charge in [-0.25, -0.2) is 9.97 Å². The van der Waals surface area contributed by atoms with E-state index in [2.05, 4.69) is 22.2 Å². The Labute approximate surface area is 139 Å². The fourth-order valence-corrected chi connectivity index (χ4v) is 2.62. The van der Waals surface area contributed by atoms with Crippen LogP contribution >= 0.6 is 0 Å². The minimum absolute atomic E-state index is 0.366. The molecule has 0 saturated carbocycles. The number of nitrogens with one attached hydrogen (secondary N) is 1. The number of hydrogen-bond acceptors (Lipinski definition) is 5. The number of imidazole rings is 1. The number of fused-ring (bicyclic) bond motifs is 1. The van der Waals surface area contributed by atoms with E-state index in [0.29, 0.717) is 28.6 Å². The number of ether oxygens (including phenoxy) is 1. The summed E-state index contributed by atoms with van der Waals surface area (Å²) in [7, 11) is 1.56. The summed E-state index contributed by atoms with van der Waals surface area (Å²) in [6.07, 6.45) is 2.63. The molecule has 0 unspecified atom stereocenters. The molecule has 0 spiro atoms. The molecule has 24 heavy (non-hydrogen) atoms. The molecule has 3 rings (SSSR count). The molecule has 3 N–H and O–H groups in total. The van der Waals surface area contributed by atoms with E-state index in [1.165, 1.54) is 0 Å². The number of carbonyl (C=O) groups excluding carboxylic acids is 1. The number of amides is 1. The summed E-state index contributed by atoms with van der Waals surface area (Å²) in [4.78, 5) is 20.4. The Morgan fingerprint density at radius 3 is 2.83 bits per heavy atom. The Balaban J connectivity index is 2.18. The van der Waals surface area contributed by atoms with Crippen molar-refractivity contribution in [2.45, 2.75) is 19.9 Å². The molecular formula is C17H19N5O2. The summed E-state index contributed by atoms with van der Waals surface area (Å²) in [5, 5.41) is 3.22. The van der Waals surface area contributed by atoms with Crippen molar-refractivity contribution in [2.75, 3.05) is 12.4 Å². The van der Waals surface area contributed by atoms with E-state index in [1.54, 1.807) is 25.4 Å². The molecular weight excluding hydrogens is 306 g/mol. The maximum absolute atomic E-state index is 11.5. The third-order valence-electron chi connectivity index (χ3n) is 3.66. The first-order valence-corrected chi connectivity index (χ1v) is 7.70. The minimum atomic E-state index is -0.514. The van der Waals surface area contributed by atoms with Crippen LogP contribution in [0.25, 0.3) is 11.0 Å². The number of methoxy groups -OCH3 is 1. The topological polar surface area (TPSA) is 95.1 Å². The van der Waals surface area contributed by atoms with Crippen molar-refractivity contribution in [3.05, 3.63) is 42.1 Å². The zero-order chi connectivity index (χ0) is 17.1. The first kappa shape index (κ1) is 15.8. The number of aromatic nitrogens is 3. The lowest BCUT2D eigenvalue weighted by molar-refractivity contribution is 0.1000. The highest BCUT2D eigenvalue weighted by Gasteiger charge is 2.17. The van der Waals surface area contributed by atoms with E-state index >= 15 is 0 Å². The van der Waals surface area contributed by atoms with Gasteiger partial charge in [-0.2, -0.15) is 0 Å². The normalized spacial score (nSPS) is 10.8. The smallest absolute Gasteiger partial charge is 0.248 e. The maximum Gasteiger partial charge on any atom is 0.248 e. The Hall–Kier alpha value is -3.09. The average Bonchev–Trinajstić information content (AvgIpc) is 2.92. The van der Waals surface area contributed by atoms with E-state index < -0.39 is 5.91 Å². The first-order chi connectivity index (χ1) is 11.6. The average molecular weight is 325 g/mol. The van der Waals surface area contributed by atoms with Gasteiger partial charge in [-0.15, -0.1) is 0 Å². The third kappa shape index (κ3) is 2.88. The lowest BCUT2D eigenvalue weighted by Gasteiger charge is -2.11. The quantitative estimate of drug-likeness (QED) is 0.726. The highest BCUT2D eigenvalue weighted by molar-refractivity contribution is 5.99. The lowest BCUT2D eigenvalue weighted by Crippen LogP contribution is -2.11. The van der Waals surface area contributed by atoms with E-state index in [0.717, 1.165) is 18.5 Å². The van der Waals surface area contributed by atoms with Gasteiger partial charge < -0.3 is 20.4 Å². The highest BCUT2D eigenvalue weighted by atomic mass is 16.5. The number of hydrogen-bond donors (Lipinski definition) is 2. The largest absolute Gasteiger partial charge is 0.494 e. The number of anilines is 2. The van der Waals surface area contributed by atoms with Crippen LogP contribution in [0.15, 0.2) is 36.5 Å². The summed E-state index contributed by atoms with van der Waals surface area (Å²) >= 11 is 0. The van der Waals surface area contributed by atoms with Crippen LogP contribution in [0.5, 0.6) is 5.75 Å². The SMILES string of the molecule is CCCn1c(Nc2ccccn2)nc2cc(C(N)=O)cc(OC)c21. The van der Waals surface area contributed by atoms with Crippen LogP contribution in [0.1, 0.15) is 23.7 Å². The van der Waals surface area contributed by atoms with Gasteiger partial charge in [0.1, 0.15) is 17.1 Å². The molecule has 3 aromatic rings. The standard InChI is InChI=1S/C17H19N5O2/c1-3-8-22-15-12(9-11(16(18)23)10-13(15)24-2)20-17(22)21-14-6-4-5-7-19-14/h4-7,9-10H,3,8H2,1-2H3,(H2,18,23)(H,19,20,21). The molecule has 0 aliphatic rings. The third-order valence-corrected chi connectivity index (χ3v) is 3.66. The molecule has 0 radical (unpaired) electrons. The zero-order valence-corrected chi connectivity index (χ0v) is 13.6. The number of nitrogens with two attached hydrogens (primary N) is 1. The van der Waals surface area contributed by atoms with Gasteiger partial charge in [0.2, 0.25) is 11.9 Å². The summed E-state index contributed by atoms with van der Waals surface area (Å²) in [6.45, 7) is 2.83. The van der Waals surface area contributed by atoms with Gasteiger partial charge in [-0.05, 0) is 30.7 Å². The van der Waals surface area contributed by atoms with Gasteiger partial charge in [0.15, 0.2) is 0 Å². The van der Waals surface area contributed by atoms with Crippen molar-refractivity contribution in [1.82, 2.24) is 14.5 Å². The Morgan fingerprint density at radius 2 is 2.21 bits per heavy atom. The number of benzene rings is 1. The minimum Gasteiger partial charge on any atom is -0.494 e. The summed E-state index contributed by atoms with van der Waals surface area (Å²) in [6, 6.07) is 8.93. The Bertz CT molecular complexity index is 874. The Kier molecular flexibility index (Phi) is 4.33. The maximum atomic E-state index is 11.5. The molecule has 2 aromatic heterocycles. The number of pyridine rings is 1. The second kappa shape index (κ2) is 6.57. The van der Waals surface area contributed by atoms with Gasteiger partial charge in [0.25, 0.3) is 0 Å². The number of nitrogens with zero attached hydrogens (tertiary/aromatic N) is 3. The van der Waals surface area contributed by atoms with Crippen LogP contribution in [0.4, 0.5) is 11.8 Å². The predicted molar refractivity (Wildman–Crippen MR) is 92.6 cm³/mol. The van der Waals surface area contributed by atoms with Crippen LogP contribution in [-0.4, -0.2) is 27.6 Å². The van der Waals surface area contributed by atoms with Gasteiger partial charge in [-0.1, -0.05) is 13.0 Å². The number of carbonyl (C=O) groups is 1. The van der Waals surface area contributed by atoms with Crippen molar-refractivity contribution in [2.24, 2.45) is 5.73 Å². The van der Waals surface area contributed by atoms with E-state index in [-0.39, 0.29) is 0 Å². The van der Waals surface area contributed by atoms with Crippen LogP contribution in [0.2, 0.25) is 0 Å². The summed E-state index contributed by atoms with van der Waals surface area (Å²) in [5.41, 5.74) is 7.24. The molecule has 0 atom stereocenters. The molecule has 1 aromatic carbocycles. The molecule has 124 valence electrons. The monoisotopic (exact) mass is 325 g/mol. The van der Waals surface area contributed by atoms with E-state index in [4.69, 9.17) is 10.5 Å². The second-order valence-electron chi connectivity index (χ2n) is 5.34. The molecule has 2 heterocycles. The van der Waals surface area contributed by atoms with E-state index in [1.807, 2.05) is 22.8 Å². The fourth-order valence-electron chi connectivity index (χ4n) is 2.62. The molecule has 7 heteroatoms. The molecule has 0 aliphatic carbocycles. The number of aryl methyl sites for hydroxylation is 1. The predicted octanol–water partition coefficient (Wildman–Crippen LogP) is 2.69. The van der Waals surface area contributed by atoms with Crippen LogP contribution in [-0.2, 0) is 6.54 Å². The number of primary amides is 1. The van der Waals surface area contributed by atoms with E-state index in [9.17, 15) is 4.79 Å². The van der Waals surface area contributed by atoms with Gasteiger partial charge in [0, 0.05) is 18.3 Å². The first-order valence-electron chi connectivity index (χ1n) is 7.70. The summed E-state index contributed by atoms with van der Waals surface area (Å²) in [5.74, 6) is 1.39. The van der Waals surface area contributed by atoms with Crippen molar-refractivity contribution in [3.8, 4) is 5.75 Å². The van der Waals surface area contributed by atoms with Crippen LogP contribution in [0.3, 0.4) is 0 Å². The van der Waals surface area contributed by atoms with Crippen LogP contribution < -0.4 is 15.8 Å². The number of rotatable bonds is 6. The van der Waals surface area contributed by atoms with Crippen LogP contribution in [0, 0.1) is 0 Å². The molecule has 7 nitrogen and oxygen atoms in total. The second-order valence-corrected chi connectivity index (χ2v) is 5.34. The lowest BCUT2D eigenvalue weighted by atomic mass is 10.1. The summed E-state index contributed by atoms with van der Waals surface area (Å²) < 4.78 is 7.48. The van der Waals surface area contributed by atoms with Crippen molar-refractivity contribution < 1.29 is 9.53 Å². The van der Waals surface area contributed by atoms with Crippen molar-refractivity contribution >= 4 is 28.7 Å². The molecule has 0 aliphatic heterocycles.